The Balaban J connectivity index is 3.60. The Morgan fingerprint density at radius 1 is 0.583 bits per heavy atom. The molecule has 1 aromatic carbocycles. The van der Waals surface area contributed by atoms with Crippen molar-refractivity contribution in [3.05, 3.63) is 11.1 Å². The van der Waals surface area contributed by atoms with Crippen LogP contribution in [0.15, 0.2) is 0 Å². The second-order valence-corrected chi connectivity index (χ2v) is 2.90. The van der Waals surface area contributed by atoms with Gasteiger partial charge in [0.1, 0.15) is 31.4 Å². The molecule has 0 aliphatic rings. The highest BCUT2D eigenvalue weighted by Gasteiger charge is 2.06. The summed E-state index contributed by atoms with van der Waals surface area (Å²) in [6.07, 6.45) is 0. The van der Waals surface area contributed by atoms with Crippen LogP contribution in [0, 0.1) is 13.8 Å². The predicted octanol–water partition coefficient (Wildman–Crippen LogP) is -2.52. The molecule has 8 radical (unpaired) electrons. The van der Waals surface area contributed by atoms with E-state index in [1.54, 1.807) is 0 Å². The quantitative estimate of drug-likeness (QED) is 0.354. The molecule has 0 spiro atoms. The van der Waals surface area contributed by atoms with E-state index in [9.17, 15) is 0 Å². The van der Waals surface area contributed by atoms with E-state index in [0.717, 1.165) is 11.1 Å². The summed E-state index contributed by atoms with van der Waals surface area (Å²) in [5.74, 6) is 0. The summed E-state index contributed by atoms with van der Waals surface area (Å²) in [6.45, 7) is 3.65. The van der Waals surface area contributed by atoms with Crippen molar-refractivity contribution in [2.45, 2.75) is 13.8 Å². The molecule has 0 bridgehead atoms. The van der Waals surface area contributed by atoms with Crippen LogP contribution in [-0.4, -0.2) is 31.4 Å². The molecule has 0 N–H and O–H groups in total. The van der Waals surface area contributed by atoms with Gasteiger partial charge in [0.25, 0.3) is 0 Å². The first-order valence-electron chi connectivity index (χ1n) is 3.65. The van der Waals surface area contributed by atoms with Gasteiger partial charge in [0.2, 0.25) is 0 Å². The lowest BCUT2D eigenvalue weighted by Gasteiger charge is -2.17. The van der Waals surface area contributed by atoms with Crippen molar-refractivity contribution in [2.24, 2.45) is 0 Å². The molecule has 12 heavy (non-hydrogen) atoms. The molecule has 4 heteroatoms. The Morgan fingerprint density at radius 3 is 1.25 bits per heavy atom. The van der Waals surface area contributed by atoms with Crippen molar-refractivity contribution >= 4 is 53.2 Å². The van der Waals surface area contributed by atoms with E-state index in [1.165, 1.54) is 0 Å². The molecular weight excluding hydrogens is 139 g/mol. The minimum atomic E-state index is 0.430. The third-order valence-electron chi connectivity index (χ3n) is 2.20. The predicted molar refractivity (Wildman–Crippen MR) is 57.5 cm³/mol. The normalized spacial score (nSPS) is 10.2. The van der Waals surface area contributed by atoms with Gasteiger partial charge in [-0.05, 0) is 13.8 Å². The summed E-state index contributed by atoms with van der Waals surface area (Å²) in [7, 11) is 22.7. The van der Waals surface area contributed by atoms with Gasteiger partial charge in [-0.2, -0.15) is 0 Å². The minimum absolute atomic E-state index is 0.430. The fraction of sp³-hybridized carbons (Fsp3) is 0.250. The molecule has 0 aliphatic heterocycles. The molecule has 0 saturated heterocycles. The first kappa shape index (κ1) is 9.57. The summed E-state index contributed by atoms with van der Waals surface area (Å²) in [5, 5.41) is 0. The Labute approximate surface area is 78.8 Å². The van der Waals surface area contributed by atoms with E-state index in [2.05, 4.69) is 0 Å². The maximum absolute atomic E-state index is 5.74. The minimum Gasteiger partial charge on any atom is -0.110 e. The monoisotopic (exact) mass is 146 g/mol. The van der Waals surface area contributed by atoms with Gasteiger partial charge < -0.3 is 0 Å². The zero-order valence-electron chi connectivity index (χ0n) is 7.31. The van der Waals surface area contributed by atoms with Crippen molar-refractivity contribution < 1.29 is 0 Å². The Morgan fingerprint density at radius 2 is 0.917 bits per heavy atom. The lowest BCUT2D eigenvalue weighted by atomic mass is 9.65. The lowest BCUT2D eigenvalue weighted by molar-refractivity contribution is 1.50. The maximum atomic E-state index is 5.74. The summed E-state index contributed by atoms with van der Waals surface area (Å²) >= 11 is 0. The van der Waals surface area contributed by atoms with E-state index < -0.39 is 0 Å². The van der Waals surface area contributed by atoms with E-state index in [4.69, 9.17) is 31.4 Å². The van der Waals surface area contributed by atoms with Crippen LogP contribution in [0.3, 0.4) is 0 Å². The van der Waals surface area contributed by atoms with Gasteiger partial charge in [-0.15, -0.1) is 16.4 Å². The topological polar surface area (TPSA) is 0 Å². The van der Waals surface area contributed by atoms with Crippen LogP contribution >= 0.6 is 0 Å². The number of hydrogen-bond acceptors (Lipinski definition) is 0. The van der Waals surface area contributed by atoms with E-state index >= 15 is 0 Å². The summed E-state index contributed by atoms with van der Waals surface area (Å²) < 4.78 is 0. The van der Waals surface area contributed by atoms with Gasteiger partial charge in [0.05, 0.1) is 0 Å². The highest BCUT2D eigenvalue weighted by atomic mass is 14.0. The Bertz CT molecular complexity index is 225. The molecule has 0 amide bonds. The molecule has 1 rings (SSSR count). The van der Waals surface area contributed by atoms with Gasteiger partial charge in [0, 0.05) is 0 Å². The summed E-state index contributed by atoms with van der Waals surface area (Å²) in [6, 6.07) is 0. The van der Waals surface area contributed by atoms with Gasteiger partial charge in [-0.1, -0.05) is 16.6 Å². The molecule has 0 saturated carbocycles. The number of rotatable bonds is 0. The molecule has 0 unspecified atom stereocenters. The molecule has 0 atom stereocenters. The first-order valence-corrected chi connectivity index (χ1v) is 3.65. The van der Waals surface area contributed by atoms with Crippen molar-refractivity contribution in [2.75, 3.05) is 0 Å². The van der Waals surface area contributed by atoms with Gasteiger partial charge >= 0.3 is 0 Å². The average Bonchev–Trinajstić information content (AvgIpc) is 2.08. The fourth-order valence-corrected chi connectivity index (χ4v) is 1.12. The van der Waals surface area contributed by atoms with Crippen molar-refractivity contribution in [1.82, 2.24) is 0 Å². The summed E-state index contributed by atoms with van der Waals surface area (Å²) in [5.41, 5.74) is 3.63. The zero-order chi connectivity index (χ0) is 9.46. The molecule has 0 nitrogen and oxygen atoms in total. The van der Waals surface area contributed by atoms with Gasteiger partial charge in [-0.3, -0.25) is 0 Å². The third kappa shape index (κ3) is 1.24. The van der Waals surface area contributed by atoms with Gasteiger partial charge in [0.15, 0.2) is 0 Å². The van der Waals surface area contributed by atoms with Crippen LogP contribution < -0.4 is 21.9 Å². The fourth-order valence-electron chi connectivity index (χ4n) is 1.12. The molecule has 0 fully saturated rings. The Kier molecular flexibility index (Phi) is 2.46. The molecule has 0 aromatic heterocycles. The maximum Gasteiger partial charge on any atom is 0.114 e. The summed E-state index contributed by atoms with van der Waals surface area (Å²) in [4.78, 5) is 0. The van der Waals surface area contributed by atoms with Crippen LogP contribution in [0.5, 0.6) is 0 Å². The SMILES string of the molecule is [B]c1c([B])c(C)c([B])c(C)c1[B]. The third-order valence-corrected chi connectivity index (χ3v) is 2.20. The van der Waals surface area contributed by atoms with Crippen molar-refractivity contribution in [3.8, 4) is 0 Å². The number of hydrogen-bond donors (Lipinski definition) is 0. The molecular formula is C8H6B4. The smallest absolute Gasteiger partial charge is 0.110 e. The highest BCUT2D eigenvalue weighted by Crippen LogP contribution is 1.88. The number of benzene rings is 1. The van der Waals surface area contributed by atoms with Crippen LogP contribution in [0.25, 0.3) is 0 Å². The van der Waals surface area contributed by atoms with E-state index in [1.807, 2.05) is 13.8 Å². The van der Waals surface area contributed by atoms with Crippen LogP contribution in [0.2, 0.25) is 0 Å². The van der Waals surface area contributed by atoms with Crippen LogP contribution in [-0.2, 0) is 0 Å². The second-order valence-electron chi connectivity index (χ2n) is 2.90. The molecule has 1 aromatic rings. The Hall–Kier alpha value is -0.520. The standard InChI is InChI=1S/C8H6B4/c1-3-5(9)4(2)7(11)8(12)6(3)10/h1-2H3. The van der Waals surface area contributed by atoms with E-state index in [0.29, 0.717) is 21.9 Å². The van der Waals surface area contributed by atoms with Crippen LogP contribution in [0.1, 0.15) is 11.1 Å². The first-order chi connectivity index (χ1) is 5.46. The largest absolute Gasteiger partial charge is 0.114 e. The molecule has 0 heterocycles. The second kappa shape index (κ2) is 3.08. The van der Waals surface area contributed by atoms with Crippen LogP contribution in [0.4, 0.5) is 0 Å². The average molecular weight is 145 g/mol. The van der Waals surface area contributed by atoms with Crippen molar-refractivity contribution in [3.63, 3.8) is 0 Å². The zero-order valence-corrected chi connectivity index (χ0v) is 7.31. The molecule has 50 valence electrons. The van der Waals surface area contributed by atoms with Crippen molar-refractivity contribution in [1.29, 1.82) is 0 Å². The lowest BCUT2D eigenvalue weighted by Crippen LogP contribution is -2.47. The van der Waals surface area contributed by atoms with Gasteiger partial charge in [-0.25, -0.2) is 0 Å². The highest BCUT2D eigenvalue weighted by molar-refractivity contribution is 6.59. The van der Waals surface area contributed by atoms with E-state index in [-0.39, 0.29) is 0 Å². The molecule has 0 aliphatic carbocycles.